The average molecular weight is 948 g/mol. The number of Topliss-reactive ketones (excluding diaryl/α,β-unsaturated/α-hetero) is 1. The van der Waals surface area contributed by atoms with E-state index in [-0.39, 0.29) is 44.0 Å². The number of aromatic nitrogens is 2. The smallest absolute Gasteiger partial charge is 0.410 e. The quantitative estimate of drug-likeness (QED) is 0.0823. The monoisotopic (exact) mass is 947 g/mol. The molecule has 370 valence electrons. The number of nitrogens with one attached hydrogen (secondary N) is 6. The van der Waals surface area contributed by atoms with Crippen molar-refractivity contribution in [2.24, 2.45) is 17.6 Å². The van der Waals surface area contributed by atoms with Gasteiger partial charge in [0.15, 0.2) is 0 Å². The van der Waals surface area contributed by atoms with Crippen LogP contribution in [0.4, 0.5) is 4.79 Å². The Morgan fingerprint density at radius 2 is 1.54 bits per heavy atom. The second kappa shape index (κ2) is 25.2. The van der Waals surface area contributed by atoms with E-state index in [9.17, 15) is 47.9 Å². The highest BCUT2D eigenvalue weighted by atomic mass is 16.6. The molecule has 0 radical (unpaired) electrons. The summed E-state index contributed by atoms with van der Waals surface area (Å²) in [4.78, 5) is 144. The summed E-state index contributed by atoms with van der Waals surface area (Å²) in [6.07, 6.45) is 6.69. The van der Waals surface area contributed by atoms with Crippen LogP contribution < -0.4 is 37.6 Å². The highest BCUT2D eigenvalue weighted by Gasteiger charge is 2.44. The molecule has 9 amide bonds. The lowest BCUT2D eigenvalue weighted by molar-refractivity contribution is -0.141. The van der Waals surface area contributed by atoms with Crippen LogP contribution >= 0.6 is 0 Å². The Balaban J connectivity index is 1.52. The maximum atomic E-state index is 14.2. The lowest BCUT2D eigenvalue weighted by Crippen LogP contribution is -2.58. The zero-order valence-electron chi connectivity index (χ0n) is 39.5. The van der Waals surface area contributed by atoms with Gasteiger partial charge in [-0.1, -0.05) is 62.9 Å². The SMILES string of the molecule is CCC[C@H](NC(=O)[C@@H]1CN(C(=O)OC(C)(C)C)C[C@@H]1NC(=O)[C@H](CCC(N)=O)NC(=O)[C@@H](NC(=O)c1cnccn1)C1CCCCC1)C(=O)C(=O)NCC(=O)N[C@H](C(=O)N(C)C)c1ccccc1. The molecule has 22 heteroatoms. The molecular formula is C46H65N11O11. The van der Waals surface area contributed by atoms with Crippen LogP contribution in [0, 0.1) is 11.8 Å². The van der Waals surface area contributed by atoms with Crippen molar-refractivity contribution in [1.82, 2.24) is 51.7 Å². The lowest BCUT2D eigenvalue weighted by Gasteiger charge is -2.31. The molecule has 8 N–H and O–H groups in total. The second-order valence-corrected chi connectivity index (χ2v) is 18.2. The van der Waals surface area contributed by atoms with Gasteiger partial charge < -0.3 is 52.2 Å². The second-order valence-electron chi connectivity index (χ2n) is 18.2. The molecule has 0 bridgehead atoms. The first-order valence-electron chi connectivity index (χ1n) is 22.8. The molecule has 2 aromatic rings. The summed E-state index contributed by atoms with van der Waals surface area (Å²) in [6, 6.07) is 2.32. The Labute approximate surface area is 395 Å². The maximum Gasteiger partial charge on any atom is 0.410 e. The number of nitrogens with two attached hydrogens (primary N) is 1. The Hall–Kier alpha value is -7.00. The van der Waals surface area contributed by atoms with Crippen molar-refractivity contribution in [1.29, 1.82) is 0 Å². The first-order chi connectivity index (χ1) is 32.2. The molecule has 2 fully saturated rings. The minimum Gasteiger partial charge on any atom is -0.444 e. The van der Waals surface area contributed by atoms with E-state index >= 15 is 0 Å². The predicted molar refractivity (Wildman–Crippen MR) is 244 cm³/mol. The molecule has 0 unspecified atom stereocenters. The van der Waals surface area contributed by atoms with Crippen LogP contribution in [-0.4, -0.2) is 142 Å². The van der Waals surface area contributed by atoms with E-state index < -0.39 is 107 Å². The van der Waals surface area contributed by atoms with Crippen molar-refractivity contribution in [3.8, 4) is 0 Å². The molecule has 1 saturated carbocycles. The number of benzene rings is 1. The van der Waals surface area contributed by atoms with Crippen molar-refractivity contribution in [3.63, 3.8) is 0 Å². The normalized spacial score (nSPS) is 17.8. The molecule has 1 saturated heterocycles. The topological polar surface area (TPSA) is 310 Å². The lowest BCUT2D eigenvalue weighted by atomic mass is 9.83. The van der Waals surface area contributed by atoms with Gasteiger partial charge in [0.25, 0.3) is 11.8 Å². The van der Waals surface area contributed by atoms with Gasteiger partial charge in [-0.05, 0) is 57.9 Å². The summed E-state index contributed by atoms with van der Waals surface area (Å²) in [5.74, 6) is -8.76. The summed E-state index contributed by atoms with van der Waals surface area (Å²) in [6.45, 7) is 5.43. The summed E-state index contributed by atoms with van der Waals surface area (Å²) >= 11 is 0. The summed E-state index contributed by atoms with van der Waals surface area (Å²) < 4.78 is 5.56. The fourth-order valence-electron chi connectivity index (χ4n) is 7.93. The number of hydrogen-bond acceptors (Lipinski definition) is 13. The number of likely N-dealkylation sites (tertiary alicyclic amines) is 1. The van der Waals surface area contributed by atoms with Crippen LogP contribution in [0.5, 0.6) is 0 Å². The van der Waals surface area contributed by atoms with Crippen molar-refractivity contribution < 1.29 is 52.7 Å². The molecule has 2 heterocycles. The van der Waals surface area contributed by atoms with E-state index in [1.54, 1.807) is 58.0 Å². The van der Waals surface area contributed by atoms with Crippen molar-refractivity contribution in [2.75, 3.05) is 33.7 Å². The van der Waals surface area contributed by atoms with Crippen LogP contribution in [0.15, 0.2) is 48.9 Å². The third-order valence-corrected chi connectivity index (χ3v) is 11.4. The van der Waals surface area contributed by atoms with E-state index in [1.807, 2.05) is 0 Å². The van der Waals surface area contributed by atoms with Crippen LogP contribution in [0.3, 0.4) is 0 Å². The van der Waals surface area contributed by atoms with Crippen LogP contribution in [0.1, 0.15) is 108 Å². The highest BCUT2D eigenvalue weighted by Crippen LogP contribution is 2.27. The minimum absolute atomic E-state index is 0.00605. The van der Waals surface area contributed by atoms with Crippen LogP contribution in [-0.2, 0) is 43.1 Å². The largest absolute Gasteiger partial charge is 0.444 e. The maximum absolute atomic E-state index is 14.2. The van der Waals surface area contributed by atoms with Crippen molar-refractivity contribution in [2.45, 2.75) is 121 Å². The first-order valence-corrected chi connectivity index (χ1v) is 22.8. The Kier molecular flexibility index (Phi) is 19.9. The molecule has 1 aliphatic heterocycles. The Morgan fingerprint density at radius 1 is 0.853 bits per heavy atom. The van der Waals surface area contributed by atoms with Crippen LogP contribution in [0.2, 0.25) is 0 Å². The van der Waals surface area contributed by atoms with Gasteiger partial charge in [0.1, 0.15) is 29.4 Å². The molecule has 2 aliphatic rings. The van der Waals surface area contributed by atoms with Crippen LogP contribution in [0.25, 0.3) is 0 Å². The molecule has 1 aromatic heterocycles. The van der Waals surface area contributed by atoms with Gasteiger partial charge in [0.2, 0.25) is 41.2 Å². The highest BCUT2D eigenvalue weighted by molar-refractivity contribution is 6.38. The average Bonchev–Trinajstić information content (AvgIpc) is 3.74. The molecule has 4 rings (SSSR count). The Bertz CT molecular complexity index is 2130. The first kappa shape index (κ1) is 53.6. The molecule has 22 nitrogen and oxygen atoms in total. The number of ether oxygens (including phenoxy) is 1. The number of nitrogens with zero attached hydrogens (tertiary/aromatic N) is 4. The van der Waals surface area contributed by atoms with Gasteiger partial charge in [-0.2, -0.15) is 0 Å². The third-order valence-electron chi connectivity index (χ3n) is 11.4. The molecule has 1 aromatic carbocycles. The number of hydrogen-bond donors (Lipinski definition) is 7. The van der Waals surface area contributed by atoms with Gasteiger partial charge in [-0.25, -0.2) is 9.78 Å². The van der Waals surface area contributed by atoms with Gasteiger partial charge in [0.05, 0.1) is 30.7 Å². The summed E-state index contributed by atoms with van der Waals surface area (Å²) in [5, 5.41) is 15.6. The van der Waals surface area contributed by atoms with Gasteiger partial charge in [-0.3, -0.25) is 48.1 Å². The number of carbonyl (C=O) groups is 10. The third kappa shape index (κ3) is 16.1. The standard InChI is InChI=1S/C46H65N11O11/c1-7-14-30(38(60)43(65)50-24-35(59)54-37(44(66)56(5)6)28-17-12-9-13-18-28)51-39(61)29-25-57(45(67)68-46(2,3)4)26-33(29)53-40(62)31(19-20-34(47)58)52-42(64)36(27-15-10-8-11-16-27)55-41(63)32-23-48-21-22-49-32/h9,12-13,17-18,21-23,27,29-31,33,36-37H,7-8,10-11,14-16,19-20,24-26H2,1-6H3,(H2,47,58)(H,50,65)(H,51,61)(H,52,64)(H,53,62)(H,54,59)(H,55,63)/t29-,30+,31+,33+,36+,37+/m1/s1. The van der Waals surface area contributed by atoms with E-state index in [4.69, 9.17) is 10.5 Å². The van der Waals surface area contributed by atoms with Crippen molar-refractivity contribution in [3.05, 3.63) is 60.2 Å². The molecule has 0 spiro atoms. The molecule has 6 atom stereocenters. The van der Waals surface area contributed by atoms with E-state index in [1.165, 1.54) is 42.5 Å². The van der Waals surface area contributed by atoms with E-state index in [0.29, 0.717) is 24.8 Å². The van der Waals surface area contributed by atoms with Gasteiger partial charge in [-0.15, -0.1) is 0 Å². The van der Waals surface area contributed by atoms with Gasteiger partial charge >= 0.3 is 6.09 Å². The van der Waals surface area contributed by atoms with Gasteiger partial charge in [0, 0.05) is 46.0 Å². The molecular weight excluding hydrogens is 883 g/mol. The summed E-state index contributed by atoms with van der Waals surface area (Å²) in [7, 11) is 3.05. The zero-order chi connectivity index (χ0) is 50.1. The fourth-order valence-corrected chi connectivity index (χ4v) is 7.93. The molecule has 68 heavy (non-hydrogen) atoms. The number of amides is 9. The van der Waals surface area contributed by atoms with E-state index in [2.05, 4.69) is 41.9 Å². The predicted octanol–water partition coefficient (Wildman–Crippen LogP) is 0.173. The summed E-state index contributed by atoms with van der Waals surface area (Å²) in [5.41, 5.74) is 4.99. The number of carbonyl (C=O) groups excluding carboxylic acids is 10. The minimum atomic E-state index is -1.41. The zero-order valence-corrected chi connectivity index (χ0v) is 39.5. The van der Waals surface area contributed by atoms with Crippen molar-refractivity contribution >= 4 is 59.1 Å². The number of primary amides is 1. The number of rotatable bonds is 21. The Morgan fingerprint density at radius 3 is 2.15 bits per heavy atom. The fraction of sp³-hybridized carbons (Fsp3) is 0.565. The van der Waals surface area contributed by atoms with E-state index in [0.717, 1.165) is 19.3 Å². The number of likely N-dealkylation sites (N-methyl/N-ethyl adjacent to an activating group) is 1. The number of ketones is 1. The molecule has 1 aliphatic carbocycles.